The van der Waals surface area contributed by atoms with Crippen molar-refractivity contribution in [1.29, 1.82) is 0 Å². The highest BCUT2D eigenvalue weighted by molar-refractivity contribution is 7.89. The number of rotatable bonds is 6. The average molecular weight is 354 g/mol. The zero-order valence-electron chi connectivity index (χ0n) is 14.4. The quantitative estimate of drug-likeness (QED) is 0.747. The number of nitrogens with zero attached hydrogens (tertiary/aromatic N) is 4. The largest absolute Gasteiger partial charge is 0.485 e. The van der Waals surface area contributed by atoms with Crippen LogP contribution < -0.4 is 9.64 Å². The molecule has 0 radical (unpaired) electrons. The lowest BCUT2D eigenvalue weighted by Crippen LogP contribution is -2.36. The van der Waals surface area contributed by atoms with Crippen molar-refractivity contribution in [2.45, 2.75) is 18.9 Å². The molecule has 2 saturated heterocycles. The minimum absolute atomic E-state index is 0.128. The van der Waals surface area contributed by atoms with Gasteiger partial charge in [0.15, 0.2) is 11.6 Å². The molecule has 0 aromatic carbocycles. The summed E-state index contributed by atoms with van der Waals surface area (Å²) in [6, 6.07) is 3.83. The van der Waals surface area contributed by atoms with Crippen LogP contribution in [0.15, 0.2) is 18.3 Å². The summed E-state index contributed by atoms with van der Waals surface area (Å²) in [7, 11) is 0.908. The molecular formula is C16H26N4O3S. The number of aromatic nitrogens is 1. The maximum absolute atomic E-state index is 11.8. The predicted octanol–water partition coefficient (Wildman–Crippen LogP) is 0.636. The Morgan fingerprint density at radius 1 is 1.33 bits per heavy atom. The van der Waals surface area contributed by atoms with Crippen molar-refractivity contribution in [3.05, 3.63) is 18.3 Å². The van der Waals surface area contributed by atoms with Gasteiger partial charge >= 0.3 is 0 Å². The van der Waals surface area contributed by atoms with E-state index in [-0.39, 0.29) is 6.10 Å². The summed E-state index contributed by atoms with van der Waals surface area (Å²) < 4.78 is 31.4. The number of hydrogen-bond acceptors (Lipinski definition) is 6. The van der Waals surface area contributed by atoms with Crippen LogP contribution in [0.2, 0.25) is 0 Å². The van der Waals surface area contributed by atoms with Crippen molar-refractivity contribution in [3.8, 4) is 5.75 Å². The van der Waals surface area contributed by atoms with Crippen molar-refractivity contribution in [2.75, 3.05) is 57.5 Å². The third-order valence-electron chi connectivity index (χ3n) is 4.57. The summed E-state index contributed by atoms with van der Waals surface area (Å²) in [4.78, 5) is 8.58. The Hall–Kier alpha value is -1.38. The summed E-state index contributed by atoms with van der Waals surface area (Å²) in [6.07, 6.45) is 3.60. The number of sulfonamides is 1. The molecule has 1 atom stereocenters. The molecule has 1 aromatic rings. The Morgan fingerprint density at radius 3 is 2.88 bits per heavy atom. The molecule has 8 heteroatoms. The van der Waals surface area contributed by atoms with Crippen LogP contribution in [-0.4, -0.2) is 81.3 Å². The van der Waals surface area contributed by atoms with Crippen LogP contribution in [0.25, 0.3) is 0 Å². The van der Waals surface area contributed by atoms with E-state index in [1.54, 1.807) is 10.5 Å². The van der Waals surface area contributed by atoms with Gasteiger partial charge in [-0.25, -0.2) is 17.7 Å². The van der Waals surface area contributed by atoms with Gasteiger partial charge in [-0.05, 0) is 25.0 Å². The summed E-state index contributed by atoms with van der Waals surface area (Å²) in [5, 5.41) is 0. The first kappa shape index (κ1) is 17.4. The predicted molar refractivity (Wildman–Crippen MR) is 94.0 cm³/mol. The second kappa shape index (κ2) is 7.25. The van der Waals surface area contributed by atoms with Crippen molar-refractivity contribution >= 4 is 15.8 Å². The van der Waals surface area contributed by atoms with Crippen molar-refractivity contribution in [1.82, 2.24) is 14.2 Å². The van der Waals surface area contributed by atoms with Gasteiger partial charge in [0.25, 0.3) is 0 Å². The van der Waals surface area contributed by atoms with Crippen LogP contribution in [0.1, 0.15) is 12.8 Å². The van der Waals surface area contributed by atoms with E-state index in [0.717, 1.165) is 44.0 Å². The van der Waals surface area contributed by atoms with Gasteiger partial charge in [0.2, 0.25) is 10.0 Å². The minimum Gasteiger partial charge on any atom is -0.485 e. The van der Waals surface area contributed by atoms with Gasteiger partial charge in [-0.1, -0.05) is 0 Å². The van der Waals surface area contributed by atoms with Crippen LogP contribution in [0.5, 0.6) is 5.75 Å². The zero-order chi connectivity index (χ0) is 17.2. The molecule has 3 rings (SSSR count). The third-order valence-corrected chi connectivity index (χ3v) is 6.52. The number of hydrogen-bond donors (Lipinski definition) is 0. The van der Waals surface area contributed by atoms with Crippen molar-refractivity contribution < 1.29 is 13.2 Å². The van der Waals surface area contributed by atoms with Crippen LogP contribution in [0.3, 0.4) is 0 Å². The van der Waals surface area contributed by atoms with E-state index in [1.807, 2.05) is 31.1 Å². The normalized spacial score (nSPS) is 24.3. The molecule has 7 nitrogen and oxygen atoms in total. The van der Waals surface area contributed by atoms with Crippen LogP contribution in [-0.2, 0) is 10.0 Å². The van der Waals surface area contributed by atoms with Crippen molar-refractivity contribution in [3.63, 3.8) is 0 Å². The molecule has 2 aliphatic heterocycles. The molecule has 0 amide bonds. The number of anilines is 1. The Morgan fingerprint density at radius 2 is 2.17 bits per heavy atom. The second-order valence-electron chi connectivity index (χ2n) is 6.62. The van der Waals surface area contributed by atoms with Gasteiger partial charge in [-0.15, -0.1) is 0 Å². The highest BCUT2D eigenvalue weighted by Crippen LogP contribution is 2.26. The fourth-order valence-corrected chi connectivity index (χ4v) is 4.80. The molecule has 2 fully saturated rings. The van der Waals surface area contributed by atoms with Crippen LogP contribution in [0.4, 0.5) is 5.82 Å². The zero-order valence-corrected chi connectivity index (χ0v) is 15.2. The second-order valence-corrected chi connectivity index (χ2v) is 8.71. The highest BCUT2D eigenvalue weighted by Gasteiger charge is 2.30. The fraction of sp³-hybridized carbons (Fsp3) is 0.688. The van der Waals surface area contributed by atoms with Gasteiger partial charge in [0.05, 0.1) is 5.75 Å². The summed E-state index contributed by atoms with van der Waals surface area (Å²) in [5.74, 6) is 1.93. The van der Waals surface area contributed by atoms with E-state index in [9.17, 15) is 8.42 Å². The topological polar surface area (TPSA) is 66.0 Å². The molecule has 0 saturated carbocycles. The van der Waals surface area contributed by atoms with Gasteiger partial charge < -0.3 is 9.64 Å². The molecule has 0 aliphatic carbocycles. The van der Waals surface area contributed by atoms with Gasteiger partial charge in [-0.3, -0.25) is 4.90 Å². The van der Waals surface area contributed by atoms with Gasteiger partial charge in [0.1, 0.15) is 6.10 Å². The third kappa shape index (κ3) is 3.99. The first-order chi connectivity index (χ1) is 11.5. The lowest BCUT2D eigenvalue weighted by Gasteiger charge is -2.21. The Bertz CT molecular complexity index is 665. The number of likely N-dealkylation sites (tertiary alicyclic amines) is 1. The first-order valence-electron chi connectivity index (χ1n) is 8.45. The maximum atomic E-state index is 11.8. The molecule has 1 unspecified atom stereocenters. The Labute approximate surface area is 144 Å². The van der Waals surface area contributed by atoms with Crippen LogP contribution in [0, 0.1) is 0 Å². The monoisotopic (exact) mass is 354 g/mol. The Balaban J connectivity index is 1.51. The fourth-order valence-electron chi connectivity index (χ4n) is 3.28. The lowest BCUT2D eigenvalue weighted by atomic mass is 10.3. The Kier molecular flexibility index (Phi) is 5.27. The minimum atomic E-state index is -2.99. The molecule has 1 aromatic heterocycles. The summed E-state index contributed by atoms with van der Waals surface area (Å²) in [5.41, 5.74) is 0. The highest BCUT2D eigenvalue weighted by atomic mass is 32.2. The molecule has 0 bridgehead atoms. The summed E-state index contributed by atoms with van der Waals surface area (Å²) >= 11 is 0. The molecular weight excluding hydrogens is 328 g/mol. The van der Waals surface area contributed by atoms with E-state index in [2.05, 4.69) is 9.88 Å². The van der Waals surface area contributed by atoms with E-state index >= 15 is 0 Å². The number of ether oxygens (including phenoxy) is 1. The van der Waals surface area contributed by atoms with E-state index in [4.69, 9.17) is 4.74 Å². The van der Waals surface area contributed by atoms with Gasteiger partial charge in [0, 0.05) is 53.0 Å². The molecule has 134 valence electrons. The molecule has 2 aliphatic rings. The lowest BCUT2D eigenvalue weighted by molar-refractivity contribution is 0.197. The number of pyridine rings is 1. The summed E-state index contributed by atoms with van der Waals surface area (Å²) in [6.45, 7) is 3.79. The van der Waals surface area contributed by atoms with Gasteiger partial charge in [-0.2, -0.15) is 0 Å². The van der Waals surface area contributed by atoms with Crippen LogP contribution >= 0.6 is 0 Å². The molecule has 0 N–H and O–H groups in total. The first-order valence-corrected chi connectivity index (χ1v) is 10.1. The molecule has 0 spiro atoms. The van der Waals surface area contributed by atoms with E-state index in [1.165, 1.54) is 0 Å². The smallest absolute Gasteiger partial charge is 0.214 e. The average Bonchev–Trinajstić information content (AvgIpc) is 3.11. The maximum Gasteiger partial charge on any atom is 0.214 e. The van der Waals surface area contributed by atoms with Crippen molar-refractivity contribution in [2.24, 2.45) is 0 Å². The van der Waals surface area contributed by atoms with E-state index < -0.39 is 10.0 Å². The standard InChI is InChI=1S/C16H26N4O3S/c1-18(2)16-15(5-3-7-17-16)23-14-6-9-19(13-14)10-11-20-8-4-12-24(20,21)22/h3,5,7,14H,4,6,8-13H2,1-2H3. The molecule has 3 heterocycles. The molecule has 24 heavy (non-hydrogen) atoms. The van der Waals surface area contributed by atoms with E-state index in [0.29, 0.717) is 18.8 Å². The SMILES string of the molecule is CN(C)c1ncccc1OC1CCN(CCN2CCCS2(=O)=O)C1.